The van der Waals surface area contributed by atoms with Gasteiger partial charge in [0.15, 0.2) is 6.10 Å². The average molecular weight is 210 g/mol. The van der Waals surface area contributed by atoms with Crippen molar-refractivity contribution >= 4 is 5.97 Å². The van der Waals surface area contributed by atoms with Crippen LogP contribution in [0, 0.1) is 0 Å². The highest BCUT2D eigenvalue weighted by Crippen LogP contribution is 2.01. The zero-order valence-corrected chi connectivity index (χ0v) is 8.55. The lowest BCUT2D eigenvalue weighted by Gasteiger charge is -2.08. The van der Waals surface area contributed by atoms with Crippen molar-refractivity contribution in [3.8, 4) is 0 Å². The molecule has 4 nitrogen and oxygen atoms in total. The Labute approximate surface area is 88.4 Å². The van der Waals surface area contributed by atoms with E-state index in [1.165, 1.54) is 7.11 Å². The minimum Gasteiger partial charge on any atom is -0.467 e. The fourth-order valence-electron chi connectivity index (χ4n) is 1.07. The SMILES string of the molecule is COC(=O)[C@H](O)COCc1ccccc1. The lowest BCUT2D eigenvalue weighted by atomic mass is 10.2. The zero-order chi connectivity index (χ0) is 11.1. The van der Waals surface area contributed by atoms with Gasteiger partial charge in [0.1, 0.15) is 0 Å². The van der Waals surface area contributed by atoms with Crippen molar-refractivity contribution in [3.05, 3.63) is 35.9 Å². The van der Waals surface area contributed by atoms with Crippen LogP contribution in [0.5, 0.6) is 0 Å². The summed E-state index contributed by atoms with van der Waals surface area (Å²) in [6.07, 6.45) is -1.21. The molecule has 0 bridgehead atoms. The Balaban J connectivity index is 2.25. The molecule has 0 saturated carbocycles. The maximum absolute atomic E-state index is 10.8. The molecule has 1 N–H and O–H groups in total. The quantitative estimate of drug-likeness (QED) is 0.728. The molecule has 15 heavy (non-hydrogen) atoms. The second-order valence-electron chi connectivity index (χ2n) is 3.04. The first-order valence-corrected chi connectivity index (χ1v) is 4.61. The second-order valence-corrected chi connectivity index (χ2v) is 3.04. The Hall–Kier alpha value is -1.39. The van der Waals surface area contributed by atoms with Crippen LogP contribution in [0.3, 0.4) is 0 Å². The van der Waals surface area contributed by atoms with Gasteiger partial charge >= 0.3 is 5.97 Å². The lowest BCUT2D eigenvalue weighted by molar-refractivity contribution is -0.153. The van der Waals surface area contributed by atoms with Gasteiger partial charge < -0.3 is 14.6 Å². The fourth-order valence-corrected chi connectivity index (χ4v) is 1.07. The molecular formula is C11H14O4. The van der Waals surface area contributed by atoms with Crippen molar-refractivity contribution in [3.63, 3.8) is 0 Å². The minimum atomic E-state index is -1.21. The van der Waals surface area contributed by atoms with Crippen LogP contribution in [0.25, 0.3) is 0 Å². The molecule has 0 aliphatic carbocycles. The Kier molecular flexibility index (Phi) is 4.80. The molecular weight excluding hydrogens is 196 g/mol. The summed E-state index contributed by atoms with van der Waals surface area (Å²) in [7, 11) is 1.22. The highest BCUT2D eigenvalue weighted by Gasteiger charge is 2.14. The highest BCUT2D eigenvalue weighted by molar-refractivity contribution is 5.74. The summed E-state index contributed by atoms with van der Waals surface area (Å²) in [4.78, 5) is 10.8. The van der Waals surface area contributed by atoms with Gasteiger partial charge in [0, 0.05) is 0 Å². The van der Waals surface area contributed by atoms with Crippen LogP contribution in [-0.4, -0.2) is 30.9 Å². The fraction of sp³-hybridized carbons (Fsp3) is 0.364. The van der Waals surface area contributed by atoms with Crippen molar-refractivity contribution in [1.82, 2.24) is 0 Å². The largest absolute Gasteiger partial charge is 0.467 e. The number of carbonyl (C=O) groups is 1. The van der Waals surface area contributed by atoms with E-state index in [2.05, 4.69) is 4.74 Å². The van der Waals surface area contributed by atoms with Gasteiger partial charge in [-0.3, -0.25) is 0 Å². The van der Waals surface area contributed by atoms with E-state index in [1.807, 2.05) is 30.3 Å². The maximum Gasteiger partial charge on any atom is 0.337 e. The third-order valence-electron chi connectivity index (χ3n) is 1.86. The van der Waals surface area contributed by atoms with E-state index >= 15 is 0 Å². The third-order valence-corrected chi connectivity index (χ3v) is 1.86. The second kappa shape index (κ2) is 6.16. The number of aliphatic hydroxyl groups excluding tert-OH is 1. The predicted octanol–water partition coefficient (Wildman–Crippen LogP) is 0.737. The number of carbonyl (C=O) groups excluding carboxylic acids is 1. The van der Waals surface area contributed by atoms with Crippen molar-refractivity contribution < 1.29 is 19.4 Å². The molecule has 1 rings (SSSR count). The number of aliphatic hydroxyl groups is 1. The molecule has 0 fully saturated rings. The number of hydrogen-bond acceptors (Lipinski definition) is 4. The summed E-state index contributed by atoms with van der Waals surface area (Å²) in [6.45, 7) is 0.316. The van der Waals surface area contributed by atoms with Gasteiger partial charge in [-0.2, -0.15) is 0 Å². The predicted molar refractivity (Wildman–Crippen MR) is 54.1 cm³/mol. The summed E-state index contributed by atoms with van der Waals surface area (Å²) in [5.74, 6) is -0.678. The van der Waals surface area contributed by atoms with E-state index in [1.54, 1.807) is 0 Å². The number of esters is 1. The molecule has 0 unspecified atom stereocenters. The Bertz CT molecular complexity index is 297. The van der Waals surface area contributed by atoms with Gasteiger partial charge in [-0.1, -0.05) is 30.3 Å². The molecule has 1 atom stereocenters. The number of rotatable bonds is 5. The van der Waals surface area contributed by atoms with Crippen LogP contribution in [-0.2, 0) is 20.9 Å². The highest BCUT2D eigenvalue weighted by atomic mass is 16.5. The van der Waals surface area contributed by atoms with E-state index in [0.717, 1.165) is 5.56 Å². The Morgan fingerprint density at radius 3 is 2.67 bits per heavy atom. The summed E-state index contributed by atoms with van der Waals surface area (Å²) >= 11 is 0. The molecule has 0 aliphatic heterocycles. The first-order valence-electron chi connectivity index (χ1n) is 4.61. The van der Waals surface area contributed by atoms with Crippen molar-refractivity contribution in [2.24, 2.45) is 0 Å². The van der Waals surface area contributed by atoms with E-state index < -0.39 is 12.1 Å². The average Bonchev–Trinajstić information content (AvgIpc) is 2.29. The molecule has 4 heteroatoms. The molecule has 0 heterocycles. The number of methoxy groups -OCH3 is 1. The molecule has 0 aliphatic rings. The third kappa shape index (κ3) is 4.10. The normalized spacial score (nSPS) is 12.1. The van der Waals surface area contributed by atoms with E-state index in [9.17, 15) is 9.90 Å². The summed E-state index contributed by atoms with van der Waals surface area (Å²) < 4.78 is 9.50. The maximum atomic E-state index is 10.8. The molecule has 0 saturated heterocycles. The molecule has 1 aromatic rings. The van der Waals surface area contributed by atoms with E-state index in [4.69, 9.17) is 4.74 Å². The van der Waals surface area contributed by atoms with Gasteiger partial charge in [-0.15, -0.1) is 0 Å². The lowest BCUT2D eigenvalue weighted by Crippen LogP contribution is -2.26. The van der Waals surface area contributed by atoms with E-state index in [0.29, 0.717) is 6.61 Å². The van der Waals surface area contributed by atoms with Gasteiger partial charge in [0.2, 0.25) is 0 Å². The van der Waals surface area contributed by atoms with Crippen LogP contribution < -0.4 is 0 Å². The molecule has 0 radical (unpaired) electrons. The van der Waals surface area contributed by atoms with Crippen molar-refractivity contribution in [2.45, 2.75) is 12.7 Å². The topological polar surface area (TPSA) is 55.8 Å². The summed E-state index contributed by atoms with van der Waals surface area (Å²) in [6, 6.07) is 9.52. The van der Waals surface area contributed by atoms with E-state index in [-0.39, 0.29) is 6.61 Å². The molecule has 0 aromatic heterocycles. The van der Waals surface area contributed by atoms with Crippen LogP contribution in [0.15, 0.2) is 30.3 Å². The molecule has 0 spiro atoms. The summed E-state index contributed by atoms with van der Waals surface area (Å²) in [5, 5.41) is 9.20. The zero-order valence-electron chi connectivity index (χ0n) is 8.55. The number of benzene rings is 1. The first-order chi connectivity index (χ1) is 7.24. The standard InChI is InChI=1S/C11H14O4/c1-14-11(13)10(12)8-15-7-9-5-3-2-4-6-9/h2-6,10,12H,7-8H2,1H3/t10-/m1/s1. The Morgan fingerprint density at radius 2 is 2.07 bits per heavy atom. The molecule has 82 valence electrons. The smallest absolute Gasteiger partial charge is 0.337 e. The van der Waals surface area contributed by atoms with Gasteiger partial charge in [-0.05, 0) is 5.56 Å². The summed E-state index contributed by atoms with van der Waals surface area (Å²) in [5.41, 5.74) is 0.995. The van der Waals surface area contributed by atoms with Crippen LogP contribution in [0.2, 0.25) is 0 Å². The van der Waals surface area contributed by atoms with Crippen LogP contribution >= 0.6 is 0 Å². The molecule has 0 amide bonds. The van der Waals surface area contributed by atoms with Gasteiger partial charge in [0.05, 0.1) is 20.3 Å². The van der Waals surface area contributed by atoms with Crippen molar-refractivity contribution in [2.75, 3.05) is 13.7 Å². The molecule has 1 aromatic carbocycles. The number of hydrogen-bond donors (Lipinski definition) is 1. The number of ether oxygens (including phenoxy) is 2. The minimum absolute atomic E-state index is 0.0540. The van der Waals surface area contributed by atoms with Gasteiger partial charge in [-0.25, -0.2) is 4.79 Å². The Morgan fingerprint density at radius 1 is 1.40 bits per heavy atom. The first kappa shape index (κ1) is 11.7. The van der Waals surface area contributed by atoms with Crippen LogP contribution in [0.4, 0.5) is 0 Å². The van der Waals surface area contributed by atoms with Gasteiger partial charge in [0.25, 0.3) is 0 Å². The van der Waals surface area contributed by atoms with Crippen LogP contribution in [0.1, 0.15) is 5.56 Å². The monoisotopic (exact) mass is 210 g/mol. The van der Waals surface area contributed by atoms with Crippen molar-refractivity contribution in [1.29, 1.82) is 0 Å².